The highest BCUT2D eigenvalue weighted by Gasteiger charge is 2.20. The molecule has 1 atom stereocenters. The van der Waals surface area contributed by atoms with Gasteiger partial charge in [0.1, 0.15) is 0 Å². The lowest BCUT2D eigenvalue weighted by molar-refractivity contribution is -0.141. The molecule has 1 rings (SSSR count). The lowest BCUT2D eigenvalue weighted by atomic mass is 9.99. The molecule has 0 aliphatic heterocycles. The van der Waals surface area contributed by atoms with E-state index in [1.807, 2.05) is 0 Å². The highest BCUT2D eigenvalue weighted by atomic mass is 16.4. The van der Waals surface area contributed by atoms with Gasteiger partial charge in [-0.25, -0.2) is 0 Å². The number of ketones is 1. The molecule has 16 heavy (non-hydrogen) atoms. The number of aliphatic carboxylic acids is 1. The molecule has 1 aromatic rings. The molecule has 1 aromatic carbocycles. The molecule has 5 nitrogen and oxygen atoms in total. The molecule has 0 saturated heterocycles. The molecule has 5 heteroatoms. The molecule has 0 bridgehead atoms. The third kappa shape index (κ3) is 2.50. The first kappa shape index (κ1) is 12.0. The maximum absolute atomic E-state index is 11.6. The number of carboxylic acids is 1. The van der Waals surface area contributed by atoms with Gasteiger partial charge in [-0.3, -0.25) is 9.59 Å². The van der Waals surface area contributed by atoms with Gasteiger partial charge in [-0.2, -0.15) is 0 Å². The van der Waals surface area contributed by atoms with E-state index in [0.29, 0.717) is 0 Å². The molecule has 0 aromatic heterocycles. The average Bonchev–Trinajstić information content (AvgIpc) is 2.21. The number of carbonyl (C=O) groups is 2. The monoisotopic (exact) mass is 224 g/mol. The van der Waals surface area contributed by atoms with Crippen molar-refractivity contribution >= 4 is 11.8 Å². The van der Waals surface area contributed by atoms with Crippen LogP contribution in [0.5, 0.6) is 11.5 Å². The van der Waals surface area contributed by atoms with Gasteiger partial charge in [-0.05, 0) is 12.1 Å². The van der Waals surface area contributed by atoms with E-state index in [0.717, 1.165) is 0 Å². The minimum absolute atomic E-state index is 0.0619. The molecule has 1 unspecified atom stereocenters. The van der Waals surface area contributed by atoms with Crippen molar-refractivity contribution in [1.29, 1.82) is 0 Å². The van der Waals surface area contributed by atoms with E-state index in [1.165, 1.54) is 25.1 Å². The van der Waals surface area contributed by atoms with Gasteiger partial charge in [-0.1, -0.05) is 13.0 Å². The van der Waals surface area contributed by atoms with Crippen molar-refractivity contribution in [1.82, 2.24) is 0 Å². The lowest BCUT2D eigenvalue weighted by Crippen LogP contribution is -2.14. The predicted octanol–water partition coefficient (Wildman–Crippen LogP) is 1.39. The van der Waals surface area contributed by atoms with E-state index >= 15 is 0 Å². The first-order chi connectivity index (χ1) is 7.43. The van der Waals surface area contributed by atoms with E-state index in [9.17, 15) is 19.8 Å². The van der Waals surface area contributed by atoms with Crippen LogP contribution in [0, 0.1) is 5.92 Å². The van der Waals surface area contributed by atoms with E-state index in [2.05, 4.69) is 0 Å². The number of phenols is 2. The van der Waals surface area contributed by atoms with Gasteiger partial charge in [0, 0.05) is 6.42 Å². The molecule has 0 heterocycles. The molecule has 0 radical (unpaired) electrons. The van der Waals surface area contributed by atoms with Crippen molar-refractivity contribution in [2.75, 3.05) is 0 Å². The molecule has 0 saturated carbocycles. The van der Waals surface area contributed by atoms with Gasteiger partial charge in [0.25, 0.3) is 0 Å². The molecule has 0 aliphatic rings. The SMILES string of the molecule is CC(CC(=O)c1cccc(O)c1O)C(=O)O. The molecule has 0 fully saturated rings. The quantitative estimate of drug-likeness (QED) is 0.530. The Morgan fingerprint density at radius 3 is 2.50 bits per heavy atom. The molecule has 0 amide bonds. The standard InChI is InChI=1S/C11H12O5/c1-6(11(15)16)5-9(13)7-3-2-4-8(12)10(7)14/h2-4,6,12,14H,5H2,1H3,(H,15,16). The largest absolute Gasteiger partial charge is 0.504 e. The summed E-state index contributed by atoms with van der Waals surface area (Å²) in [5.41, 5.74) is -0.0619. The molecule has 0 spiro atoms. The third-order valence-electron chi connectivity index (χ3n) is 2.23. The lowest BCUT2D eigenvalue weighted by Gasteiger charge is -2.07. The van der Waals surface area contributed by atoms with Crippen LogP contribution < -0.4 is 0 Å². The minimum Gasteiger partial charge on any atom is -0.504 e. The van der Waals surface area contributed by atoms with Crippen molar-refractivity contribution in [3.63, 3.8) is 0 Å². The van der Waals surface area contributed by atoms with Crippen LogP contribution in [0.25, 0.3) is 0 Å². The van der Waals surface area contributed by atoms with Crippen LogP contribution in [-0.2, 0) is 4.79 Å². The Morgan fingerprint density at radius 2 is 1.94 bits per heavy atom. The summed E-state index contributed by atoms with van der Waals surface area (Å²) in [4.78, 5) is 22.2. The second-order valence-corrected chi connectivity index (χ2v) is 3.54. The Labute approximate surface area is 92.0 Å². The smallest absolute Gasteiger partial charge is 0.306 e. The number of hydrogen-bond acceptors (Lipinski definition) is 4. The second-order valence-electron chi connectivity index (χ2n) is 3.54. The van der Waals surface area contributed by atoms with Crippen LogP contribution >= 0.6 is 0 Å². The van der Waals surface area contributed by atoms with Crippen LogP contribution in [0.1, 0.15) is 23.7 Å². The Hall–Kier alpha value is -2.04. The number of hydrogen-bond donors (Lipinski definition) is 3. The van der Waals surface area contributed by atoms with E-state index in [4.69, 9.17) is 5.11 Å². The third-order valence-corrected chi connectivity index (χ3v) is 2.23. The fourth-order valence-corrected chi connectivity index (χ4v) is 1.23. The van der Waals surface area contributed by atoms with Crippen LogP contribution in [0.4, 0.5) is 0 Å². The summed E-state index contributed by atoms with van der Waals surface area (Å²) in [5.74, 6) is -3.32. The Kier molecular flexibility index (Phi) is 3.50. The minimum atomic E-state index is -1.08. The Morgan fingerprint density at radius 1 is 1.31 bits per heavy atom. The summed E-state index contributed by atoms with van der Waals surface area (Å²) in [5, 5.41) is 27.2. The van der Waals surface area contributed by atoms with Crippen molar-refractivity contribution in [2.24, 2.45) is 5.92 Å². The van der Waals surface area contributed by atoms with Crippen LogP contribution in [0.15, 0.2) is 18.2 Å². The van der Waals surface area contributed by atoms with Crippen LogP contribution in [-0.4, -0.2) is 27.1 Å². The first-order valence-corrected chi connectivity index (χ1v) is 4.70. The second kappa shape index (κ2) is 4.65. The van der Waals surface area contributed by atoms with Crippen molar-refractivity contribution in [2.45, 2.75) is 13.3 Å². The van der Waals surface area contributed by atoms with Crippen molar-refractivity contribution < 1.29 is 24.9 Å². The number of rotatable bonds is 4. The number of benzene rings is 1. The Balaban J connectivity index is 2.89. The molecule has 3 N–H and O–H groups in total. The fourth-order valence-electron chi connectivity index (χ4n) is 1.23. The van der Waals surface area contributed by atoms with Crippen molar-refractivity contribution in [3.05, 3.63) is 23.8 Å². The van der Waals surface area contributed by atoms with Gasteiger partial charge in [0.15, 0.2) is 17.3 Å². The highest BCUT2D eigenvalue weighted by molar-refractivity contribution is 6.00. The maximum atomic E-state index is 11.6. The number of para-hydroxylation sites is 1. The molecular formula is C11H12O5. The summed E-state index contributed by atoms with van der Waals surface area (Å²) in [6, 6.07) is 3.99. The number of carboxylic acid groups (broad SMARTS) is 1. The summed E-state index contributed by atoms with van der Waals surface area (Å²) in [7, 11) is 0. The van der Waals surface area contributed by atoms with Gasteiger partial charge < -0.3 is 15.3 Å². The zero-order valence-electron chi connectivity index (χ0n) is 8.67. The van der Waals surface area contributed by atoms with Crippen molar-refractivity contribution in [3.8, 4) is 11.5 Å². The van der Waals surface area contributed by atoms with Gasteiger partial charge in [0.05, 0.1) is 11.5 Å². The summed E-state index contributed by atoms with van der Waals surface area (Å²) in [6.45, 7) is 1.40. The molecule has 86 valence electrons. The number of phenolic OH excluding ortho intramolecular Hbond substituents is 2. The fraction of sp³-hybridized carbons (Fsp3) is 0.273. The van der Waals surface area contributed by atoms with Gasteiger partial charge >= 0.3 is 5.97 Å². The zero-order valence-corrected chi connectivity index (χ0v) is 8.67. The first-order valence-electron chi connectivity index (χ1n) is 4.70. The van der Waals surface area contributed by atoms with Crippen LogP contribution in [0.2, 0.25) is 0 Å². The topological polar surface area (TPSA) is 94.8 Å². The van der Waals surface area contributed by atoms with E-state index < -0.39 is 29.2 Å². The van der Waals surface area contributed by atoms with Crippen LogP contribution in [0.3, 0.4) is 0 Å². The molecular weight excluding hydrogens is 212 g/mol. The molecule has 0 aliphatic carbocycles. The summed E-state index contributed by atoms with van der Waals surface area (Å²) < 4.78 is 0. The number of aromatic hydroxyl groups is 2. The maximum Gasteiger partial charge on any atom is 0.306 e. The predicted molar refractivity (Wildman–Crippen MR) is 55.5 cm³/mol. The number of carbonyl (C=O) groups excluding carboxylic acids is 1. The van der Waals surface area contributed by atoms with E-state index in [1.54, 1.807) is 0 Å². The van der Waals surface area contributed by atoms with Gasteiger partial charge in [-0.15, -0.1) is 0 Å². The summed E-state index contributed by atoms with van der Waals surface area (Å²) >= 11 is 0. The summed E-state index contributed by atoms with van der Waals surface area (Å²) in [6.07, 6.45) is -0.216. The van der Waals surface area contributed by atoms with Gasteiger partial charge in [0.2, 0.25) is 0 Å². The normalized spacial score (nSPS) is 12.1. The zero-order chi connectivity index (χ0) is 12.3. The Bertz CT molecular complexity index is 424. The number of Topliss-reactive ketones (excluding diaryl/α,β-unsaturated/α-hetero) is 1. The highest BCUT2D eigenvalue weighted by Crippen LogP contribution is 2.29. The van der Waals surface area contributed by atoms with E-state index in [-0.39, 0.29) is 12.0 Å². The average molecular weight is 224 g/mol.